The van der Waals surface area contributed by atoms with E-state index in [2.05, 4.69) is 48.5 Å². The van der Waals surface area contributed by atoms with Gasteiger partial charge in [0.1, 0.15) is 0 Å². The Balaban J connectivity index is 2.09. The molecule has 0 atom stereocenters. The minimum Gasteiger partial charge on any atom is -0.0537 e. The zero-order valence-electron chi connectivity index (χ0n) is 12.0. The molecule has 0 amide bonds. The third-order valence-electron chi connectivity index (χ3n) is 5.95. The Morgan fingerprint density at radius 1 is 0.409 bits per heavy atom. The molecule has 22 heavy (non-hydrogen) atoms. The monoisotopic (exact) mass is 276 g/mol. The van der Waals surface area contributed by atoms with Crippen molar-refractivity contribution < 1.29 is 0 Å². The topological polar surface area (TPSA) is 0 Å². The zero-order valence-corrected chi connectivity index (χ0v) is 12.0. The van der Waals surface area contributed by atoms with Crippen LogP contribution in [0.2, 0.25) is 0 Å². The average Bonchev–Trinajstić information content (AvgIpc) is 3.12. The Morgan fingerprint density at radius 3 is 1.32 bits per heavy atom. The molecular weight excluding hydrogens is 264 g/mol. The largest absolute Gasteiger partial charge is 0.0537 e. The van der Waals surface area contributed by atoms with Gasteiger partial charge in [-0.25, -0.2) is 0 Å². The molecule has 100 valence electrons. The summed E-state index contributed by atoms with van der Waals surface area (Å²) in [7, 11) is 0. The molecule has 0 radical (unpaired) electrons. The summed E-state index contributed by atoms with van der Waals surface area (Å²) >= 11 is 0. The summed E-state index contributed by atoms with van der Waals surface area (Å²) in [6.07, 6.45) is 2.41. The lowest BCUT2D eigenvalue weighted by Gasteiger charge is -2.07. The van der Waals surface area contributed by atoms with Gasteiger partial charge in [-0.2, -0.15) is 0 Å². The van der Waals surface area contributed by atoms with Crippen LogP contribution in [0, 0.1) is 0 Å². The maximum Gasteiger partial charge on any atom is -0.000832 e. The van der Waals surface area contributed by atoms with Gasteiger partial charge in [0.05, 0.1) is 0 Å². The molecule has 0 aromatic heterocycles. The fourth-order valence-electron chi connectivity index (χ4n) is 5.13. The van der Waals surface area contributed by atoms with Gasteiger partial charge in [0.2, 0.25) is 0 Å². The highest BCUT2D eigenvalue weighted by Gasteiger charge is 2.25. The summed E-state index contributed by atoms with van der Waals surface area (Å²) in [6, 6.07) is 18.7. The molecule has 6 aromatic carbocycles. The minimum absolute atomic E-state index is 1.20. The Kier molecular flexibility index (Phi) is 1.37. The lowest BCUT2D eigenvalue weighted by atomic mass is 9.96. The second-order valence-electron chi connectivity index (χ2n) is 6.91. The van der Waals surface area contributed by atoms with Gasteiger partial charge in [-0.3, -0.25) is 0 Å². The van der Waals surface area contributed by atoms with Crippen molar-refractivity contribution in [3.05, 3.63) is 59.7 Å². The van der Waals surface area contributed by atoms with E-state index in [1.807, 2.05) is 0 Å². The molecule has 0 saturated heterocycles. The van der Waals surface area contributed by atoms with Crippen LogP contribution >= 0.6 is 0 Å². The molecule has 0 aliphatic heterocycles. The van der Waals surface area contributed by atoms with Gasteiger partial charge in [-0.05, 0) is 77.8 Å². The number of benzene rings is 5. The van der Waals surface area contributed by atoms with Crippen molar-refractivity contribution in [3.8, 4) is 0 Å². The van der Waals surface area contributed by atoms with E-state index in [4.69, 9.17) is 0 Å². The number of hydrogen-bond donors (Lipinski definition) is 0. The Labute approximate surface area is 127 Å². The molecule has 0 saturated carbocycles. The first-order chi connectivity index (χ1) is 10.9. The minimum atomic E-state index is 1.20. The van der Waals surface area contributed by atoms with E-state index >= 15 is 0 Å². The van der Waals surface area contributed by atoms with Crippen molar-refractivity contribution in [3.63, 3.8) is 0 Å². The molecule has 0 unspecified atom stereocenters. The van der Waals surface area contributed by atoms with Crippen LogP contribution in [-0.2, 0) is 12.8 Å². The van der Waals surface area contributed by atoms with Gasteiger partial charge >= 0.3 is 0 Å². The van der Waals surface area contributed by atoms with Crippen molar-refractivity contribution in [2.45, 2.75) is 12.8 Å². The molecule has 0 nitrogen and oxygen atoms in total. The summed E-state index contributed by atoms with van der Waals surface area (Å²) in [5.41, 5.74) is 3.12. The molecule has 0 heteroatoms. The zero-order chi connectivity index (χ0) is 14.0. The highest BCUT2D eigenvalue weighted by atomic mass is 14.3. The predicted octanol–water partition coefficient (Wildman–Crippen LogP) is 5.86. The third-order valence-corrected chi connectivity index (χ3v) is 5.95. The molecule has 1 aliphatic carbocycles. The maximum atomic E-state index is 2.45. The molecule has 7 rings (SSSR count). The third kappa shape index (κ3) is 0.869. The Hall–Kier alpha value is -2.60. The van der Waals surface area contributed by atoms with E-state index in [0.717, 1.165) is 0 Å². The van der Waals surface area contributed by atoms with Crippen LogP contribution < -0.4 is 0 Å². The molecule has 1 aliphatic rings. The summed E-state index contributed by atoms with van der Waals surface area (Å²) in [6.45, 7) is 0. The normalized spacial score (nSPS) is 14.9. The number of hydrogen-bond acceptors (Lipinski definition) is 0. The number of aryl methyl sites for hydroxylation is 2. The van der Waals surface area contributed by atoms with Crippen molar-refractivity contribution >= 4 is 53.9 Å². The predicted molar refractivity (Wildman–Crippen MR) is 94.9 cm³/mol. The van der Waals surface area contributed by atoms with Gasteiger partial charge in [0, 0.05) is 0 Å². The van der Waals surface area contributed by atoms with Crippen molar-refractivity contribution in [1.29, 1.82) is 0 Å². The van der Waals surface area contributed by atoms with E-state index in [1.54, 1.807) is 21.9 Å². The van der Waals surface area contributed by atoms with E-state index in [1.165, 1.54) is 55.9 Å². The van der Waals surface area contributed by atoms with Crippen LogP contribution in [-0.4, -0.2) is 0 Å². The summed E-state index contributed by atoms with van der Waals surface area (Å²) in [5, 5.41) is 14.8. The van der Waals surface area contributed by atoms with Crippen LogP contribution in [0.4, 0.5) is 0 Å². The number of rotatable bonds is 0. The molecular formula is C22H12. The van der Waals surface area contributed by atoms with Gasteiger partial charge in [0.25, 0.3) is 0 Å². The van der Waals surface area contributed by atoms with E-state index < -0.39 is 0 Å². The van der Waals surface area contributed by atoms with Crippen LogP contribution in [0.3, 0.4) is 0 Å². The first-order valence-electron chi connectivity index (χ1n) is 8.09. The van der Waals surface area contributed by atoms with Crippen LogP contribution in [0.5, 0.6) is 0 Å². The first-order valence-corrected chi connectivity index (χ1v) is 8.09. The first kappa shape index (κ1) is 10.2. The van der Waals surface area contributed by atoms with Gasteiger partial charge in [-0.1, -0.05) is 48.5 Å². The molecule has 6 aromatic rings. The second-order valence-corrected chi connectivity index (χ2v) is 6.91. The van der Waals surface area contributed by atoms with Crippen LogP contribution in [0.1, 0.15) is 11.1 Å². The van der Waals surface area contributed by atoms with Crippen LogP contribution in [0.25, 0.3) is 53.9 Å². The molecule has 0 heterocycles. The van der Waals surface area contributed by atoms with Crippen molar-refractivity contribution in [2.75, 3.05) is 0 Å². The highest BCUT2D eigenvalue weighted by molar-refractivity contribution is 6.44. The van der Waals surface area contributed by atoms with Gasteiger partial charge in [0.15, 0.2) is 0 Å². The van der Waals surface area contributed by atoms with E-state index in [-0.39, 0.29) is 0 Å². The lowest BCUT2D eigenvalue weighted by Crippen LogP contribution is -1.82. The highest BCUT2D eigenvalue weighted by Crippen LogP contribution is 2.50. The Morgan fingerprint density at radius 2 is 0.818 bits per heavy atom. The van der Waals surface area contributed by atoms with Crippen molar-refractivity contribution in [1.82, 2.24) is 0 Å². The van der Waals surface area contributed by atoms with Gasteiger partial charge < -0.3 is 0 Å². The van der Waals surface area contributed by atoms with Crippen molar-refractivity contribution in [2.24, 2.45) is 0 Å². The van der Waals surface area contributed by atoms with E-state index in [9.17, 15) is 0 Å². The SMILES string of the molecule is c1cc2ccc3cc4c5c(cc6ccc1c1c2c3c5c61)CC4. The maximum absolute atomic E-state index is 2.45. The molecule has 0 N–H and O–H groups in total. The molecule has 0 bridgehead atoms. The smallest absolute Gasteiger partial charge is 0.000832 e. The standard InChI is InChI=1S/C22H12/c1-2-12-4-6-16-10-14-8-7-13-9-15-5-3-11(1)18-19(12)21(16)22(17(13)14)20(15)18/h1-6,9-10H,7-8H2. The summed E-state index contributed by atoms with van der Waals surface area (Å²) in [4.78, 5) is 0. The lowest BCUT2D eigenvalue weighted by molar-refractivity contribution is 1.03. The molecule has 0 fully saturated rings. The Bertz CT molecular complexity index is 1250. The molecule has 0 spiro atoms. The summed E-state index contributed by atoms with van der Waals surface area (Å²) < 4.78 is 0. The average molecular weight is 276 g/mol. The quantitative estimate of drug-likeness (QED) is 0.305. The fraction of sp³-hybridized carbons (Fsp3) is 0.0909. The van der Waals surface area contributed by atoms with Crippen LogP contribution in [0.15, 0.2) is 48.5 Å². The summed E-state index contributed by atoms with van der Waals surface area (Å²) in [5.74, 6) is 0. The fourth-order valence-corrected chi connectivity index (χ4v) is 5.13. The second kappa shape index (κ2) is 2.96. The van der Waals surface area contributed by atoms with E-state index in [0.29, 0.717) is 0 Å². The van der Waals surface area contributed by atoms with Gasteiger partial charge in [-0.15, -0.1) is 0 Å².